The maximum absolute atomic E-state index is 11.9. The number of nitrogen functional groups attached to an aromatic ring is 1. The Balaban J connectivity index is 1.70. The Hall–Kier alpha value is -1.10. The van der Waals surface area contributed by atoms with Crippen LogP contribution in [0.3, 0.4) is 0 Å². The molecule has 18 heavy (non-hydrogen) atoms. The fourth-order valence-corrected chi connectivity index (χ4v) is 3.35. The van der Waals surface area contributed by atoms with Crippen LogP contribution in [0.15, 0.2) is 0 Å². The summed E-state index contributed by atoms with van der Waals surface area (Å²) in [5.74, 6) is 0.857. The van der Waals surface area contributed by atoms with Crippen LogP contribution in [0, 0.1) is 12.8 Å². The van der Waals surface area contributed by atoms with Crippen LogP contribution in [0.2, 0.25) is 0 Å². The molecule has 0 radical (unpaired) electrons. The number of nitrogens with two attached hydrogens (primary N) is 1. The highest BCUT2D eigenvalue weighted by Gasteiger charge is 2.16. The van der Waals surface area contributed by atoms with Gasteiger partial charge in [-0.25, -0.2) is 4.98 Å². The largest absolute Gasteiger partial charge is 0.375 e. The van der Waals surface area contributed by atoms with E-state index in [-0.39, 0.29) is 5.91 Å². The first kappa shape index (κ1) is 13.3. The smallest absolute Gasteiger partial charge is 0.263 e. The van der Waals surface area contributed by atoms with Crippen molar-refractivity contribution in [1.82, 2.24) is 10.3 Å². The number of hydrogen-bond donors (Lipinski definition) is 2. The van der Waals surface area contributed by atoms with Crippen LogP contribution in [-0.4, -0.2) is 17.4 Å². The number of carbonyl (C=O) groups is 1. The molecule has 4 nitrogen and oxygen atoms in total. The number of aromatic nitrogens is 1. The minimum atomic E-state index is -0.0341. The first-order valence-corrected chi connectivity index (χ1v) is 7.49. The molecule has 100 valence electrons. The second-order valence-corrected chi connectivity index (χ2v) is 6.05. The number of aryl methyl sites for hydroxylation is 1. The van der Waals surface area contributed by atoms with Crippen LogP contribution >= 0.6 is 11.3 Å². The third kappa shape index (κ3) is 3.45. The van der Waals surface area contributed by atoms with E-state index in [4.69, 9.17) is 5.73 Å². The highest BCUT2D eigenvalue weighted by Crippen LogP contribution is 2.28. The summed E-state index contributed by atoms with van der Waals surface area (Å²) in [7, 11) is 0. The summed E-state index contributed by atoms with van der Waals surface area (Å²) >= 11 is 1.26. The van der Waals surface area contributed by atoms with E-state index in [0.717, 1.165) is 24.6 Å². The lowest BCUT2D eigenvalue weighted by atomic mass is 10.0. The molecule has 1 aliphatic rings. The zero-order valence-corrected chi connectivity index (χ0v) is 11.7. The van der Waals surface area contributed by atoms with Crippen LogP contribution in [0.4, 0.5) is 5.13 Å². The van der Waals surface area contributed by atoms with Gasteiger partial charge in [0.15, 0.2) is 5.13 Å². The van der Waals surface area contributed by atoms with Gasteiger partial charge in [-0.2, -0.15) is 0 Å². The van der Waals surface area contributed by atoms with Crippen molar-refractivity contribution in [2.24, 2.45) is 5.92 Å². The van der Waals surface area contributed by atoms with Crippen LogP contribution in [-0.2, 0) is 0 Å². The molecule has 1 amide bonds. The number of amides is 1. The number of nitrogens with one attached hydrogen (secondary N) is 1. The first-order valence-electron chi connectivity index (χ1n) is 6.68. The molecule has 0 saturated heterocycles. The van der Waals surface area contributed by atoms with Crippen molar-refractivity contribution < 1.29 is 4.79 Å². The van der Waals surface area contributed by atoms with Crippen molar-refractivity contribution in [2.45, 2.75) is 45.4 Å². The van der Waals surface area contributed by atoms with E-state index in [1.54, 1.807) is 0 Å². The lowest BCUT2D eigenvalue weighted by molar-refractivity contribution is 0.0955. The molecule has 1 aliphatic carbocycles. The third-order valence-electron chi connectivity index (χ3n) is 3.57. The van der Waals surface area contributed by atoms with Crippen LogP contribution in [0.5, 0.6) is 0 Å². The highest BCUT2D eigenvalue weighted by molar-refractivity contribution is 7.17. The molecule has 1 heterocycles. The van der Waals surface area contributed by atoms with Gasteiger partial charge in [0.05, 0.1) is 5.69 Å². The number of hydrogen-bond acceptors (Lipinski definition) is 4. The Bertz CT molecular complexity index is 410. The summed E-state index contributed by atoms with van der Waals surface area (Å²) in [5, 5.41) is 3.41. The molecule has 3 N–H and O–H groups in total. The van der Waals surface area contributed by atoms with E-state index in [0.29, 0.717) is 10.0 Å². The Kier molecular flexibility index (Phi) is 4.58. The van der Waals surface area contributed by atoms with Crippen molar-refractivity contribution in [3.8, 4) is 0 Å². The Labute approximate surface area is 112 Å². The second kappa shape index (κ2) is 6.18. The van der Waals surface area contributed by atoms with Crippen molar-refractivity contribution in [1.29, 1.82) is 0 Å². The van der Waals surface area contributed by atoms with Gasteiger partial charge in [0, 0.05) is 6.54 Å². The quantitative estimate of drug-likeness (QED) is 0.806. The topological polar surface area (TPSA) is 68.0 Å². The molecule has 0 atom stereocenters. The molecule has 0 aromatic carbocycles. The van der Waals surface area contributed by atoms with Crippen molar-refractivity contribution in [2.75, 3.05) is 12.3 Å². The van der Waals surface area contributed by atoms with E-state index < -0.39 is 0 Å². The number of thiazole rings is 1. The van der Waals surface area contributed by atoms with Crippen molar-refractivity contribution in [3.05, 3.63) is 10.6 Å². The van der Waals surface area contributed by atoms with E-state index in [1.807, 2.05) is 6.92 Å². The summed E-state index contributed by atoms with van der Waals surface area (Å²) in [6.45, 7) is 2.58. The van der Waals surface area contributed by atoms with Gasteiger partial charge in [0.1, 0.15) is 4.88 Å². The summed E-state index contributed by atoms with van der Waals surface area (Å²) in [6.07, 6.45) is 7.83. The molecule has 0 bridgehead atoms. The van der Waals surface area contributed by atoms with E-state index >= 15 is 0 Å². The fourth-order valence-electron chi connectivity index (χ4n) is 2.60. The number of nitrogens with zero attached hydrogens (tertiary/aromatic N) is 1. The Morgan fingerprint density at radius 1 is 1.50 bits per heavy atom. The monoisotopic (exact) mass is 267 g/mol. The predicted molar refractivity (Wildman–Crippen MR) is 74.8 cm³/mol. The minimum absolute atomic E-state index is 0.0341. The van der Waals surface area contributed by atoms with Gasteiger partial charge in [-0.3, -0.25) is 4.79 Å². The number of carbonyl (C=O) groups excluding carboxylic acids is 1. The molecular weight excluding hydrogens is 246 g/mol. The highest BCUT2D eigenvalue weighted by atomic mass is 32.1. The van der Waals surface area contributed by atoms with Gasteiger partial charge in [-0.1, -0.05) is 37.0 Å². The second-order valence-electron chi connectivity index (χ2n) is 5.02. The molecule has 1 aromatic rings. The molecule has 1 saturated carbocycles. The first-order chi connectivity index (χ1) is 8.66. The van der Waals surface area contributed by atoms with Crippen LogP contribution in [0.25, 0.3) is 0 Å². The summed E-state index contributed by atoms with van der Waals surface area (Å²) in [6, 6.07) is 0. The van der Waals surface area contributed by atoms with Gasteiger partial charge in [-0.15, -0.1) is 0 Å². The van der Waals surface area contributed by atoms with Crippen LogP contribution < -0.4 is 11.1 Å². The molecule has 1 aromatic heterocycles. The minimum Gasteiger partial charge on any atom is -0.375 e. The lowest BCUT2D eigenvalue weighted by Gasteiger charge is -2.08. The van der Waals surface area contributed by atoms with Gasteiger partial charge >= 0.3 is 0 Å². The van der Waals surface area contributed by atoms with E-state index in [1.165, 1.54) is 43.4 Å². The molecule has 2 rings (SSSR count). The third-order valence-corrected chi connectivity index (χ3v) is 4.55. The van der Waals surface area contributed by atoms with Gasteiger partial charge in [0.25, 0.3) is 5.91 Å². The normalized spacial score (nSPS) is 16.1. The SMILES string of the molecule is Cc1nc(N)sc1C(=O)NCCCC1CCCC1. The Morgan fingerprint density at radius 2 is 2.22 bits per heavy atom. The van der Waals surface area contributed by atoms with Gasteiger partial charge in [-0.05, 0) is 25.7 Å². The maximum Gasteiger partial charge on any atom is 0.263 e. The maximum atomic E-state index is 11.9. The number of anilines is 1. The van der Waals surface area contributed by atoms with Gasteiger partial charge < -0.3 is 11.1 Å². The molecule has 0 aliphatic heterocycles. The van der Waals surface area contributed by atoms with Gasteiger partial charge in [0.2, 0.25) is 0 Å². The molecule has 0 spiro atoms. The lowest BCUT2D eigenvalue weighted by Crippen LogP contribution is -2.24. The summed E-state index contributed by atoms with van der Waals surface area (Å²) < 4.78 is 0. The summed E-state index contributed by atoms with van der Waals surface area (Å²) in [5.41, 5.74) is 6.31. The zero-order valence-electron chi connectivity index (χ0n) is 10.9. The van der Waals surface area contributed by atoms with Crippen LogP contribution in [0.1, 0.15) is 53.9 Å². The van der Waals surface area contributed by atoms with E-state index in [2.05, 4.69) is 10.3 Å². The average molecular weight is 267 g/mol. The standard InChI is InChI=1S/C13H21N3OS/c1-9-11(18-13(14)16-9)12(17)15-8-4-7-10-5-2-3-6-10/h10H,2-8H2,1H3,(H2,14,16)(H,15,17). The molecule has 5 heteroatoms. The number of rotatable bonds is 5. The van der Waals surface area contributed by atoms with Crippen molar-refractivity contribution >= 4 is 22.4 Å². The average Bonchev–Trinajstić information content (AvgIpc) is 2.94. The zero-order chi connectivity index (χ0) is 13.0. The Morgan fingerprint density at radius 3 is 2.83 bits per heavy atom. The molecular formula is C13H21N3OS. The molecule has 0 unspecified atom stereocenters. The summed E-state index contributed by atoms with van der Waals surface area (Å²) in [4.78, 5) is 16.6. The van der Waals surface area contributed by atoms with Crippen molar-refractivity contribution in [3.63, 3.8) is 0 Å². The van der Waals surface area contributed by atoms with E-state index in [9.17, 15) is 4.79 Å². The fraction of sp³-hybridized carbons (Fsp3) is 0.692. The predicted octanol–water partition coefficient (Wildman–Crippen LogP) is 2.73. The molecule has 1 fully saturated rings.